The Labute approximate surface area is 156 Å². The van der Waals surface area contributed by atoms with Crippen LogP contribution in [0.25, 0.3) is 17.1 Å². The number of aromatic nitrogens is 2. The summed E-state index contributed by atoms with van der Waals surface area (Å²) >= 11 is 0. The SMILES string of the molecule is CC(C)(CCNC(=O)c1cc(-c2ccco2)nn1-c1ccccc1)C(=O)O. The van der Waals surface area contributed by atoms with Crippen LogP contribution < -0.4 is 5.32 Å². The van der Waals surface area contributed by atoms with Gasteiger partial charge in [0.2, 0.25) is 0 Å². The number of carboxylic acids is 1. The maximum Gasteiger partial charge on any atom is 0.309 e. The zero-order chi connectivity index (χ0) is 19.4. The normalized spacial score (nSPS) is 11.3. The van der Waals surface area contributed by atoms with Gasteiger partial charge in [-0.25, -0.2) is 4.68 Å². The van der Waals surface area contributed by atoms with Gasteiger partial charge in [-0.05, 0) is 44.5 Å². The number of aliphatic carboxylic acids is 1. The minimum absolute atomic E-state index is 0.244. The summed E-state index contributed by atoms with van der Waals surface area (Å²) in [5, 5.41) is 16.5. The lowest BCUT2D eigenvalue weighted by molar-refractivity contribution is -0.147. The van der Waals surface area contributed by atoms with Gasteiger partial charge in [0.1, 0.15) is 11.4 Å². The fourth-order valence-electron chi connectivity index (χ4n) is 2.54. The van der Waals surface area contributed by atoms with Crippen LogP contribution in [0, 0.1) is 5.41 Å². The van der Waals surface area contributed by atoms with E-state index in [1.807, 2.05) is 30.3 Å². The van der Waals surface area contributed by atoms with Gasteiger partial charge >= 0.3 is 5.97 Å². The number of carbonyl (C=O) groups excluding carboxylic acids is 1. The topological polar surface area (TPSA) is 97.4 Å². The monoisotopic (exact) mass is 367 g/mol. The molecule has 7 heteroatoms. The van der Waals surface area contributed by atoms with E-state index in [0.29, 0.717) is 23.6 Å². The van der Waals surface area contributed by atoms with Crippen LogP contribution in [-0.2, 0) is 4.79 Å². The molecule has 0 radical (unpaired) electrons. The van der Waals surface area contributed by atoms with Crippen molar-refractivity contribution in [1.29, 1.82) is 0 Å². The molecule has 140 valence electrons. The van der Waals surface area contributed by atoms with Crippen molar-refractivity contribution in [3.63, 3.8) is 0 Å². The van der Waals surface area contributed by atoms with Crippen LogP contribution >= 0.6 is 0 Å². The molecule has 7 nitrogen and oxygen atoms in total. The summed E-state index contributed by atoms with van der Waals surface area (Å²) in [4.78, 5) is 23.9. The number of para-hydroxylation sites is 1. The van der Waals surface area contributed by atoms with Crippen LogP contribution in [0.1, 0.15) is 30.8 Å². The van der Waals surface area contributed by atoms with Gasteiger partial charge in [-0.2, -0.15) is 5.10 Å². The highest BCUT2D eigenvalue weighted by molar-refractivity contribution is 5.94. The van der Waals surface area contributed by atoms with Crippen molar-refractivity contribution < 1.29 is 19.1 Å². The first-order valence-electron chi connectivity index (χ1n) is 8.59. The summed E-state index contributed by atoms with van der Waals surface area (Å²) in [5.41, 5.74) is 0.721. The van der Waals surface area contributed by atoms with E-state index in [9.17, 15) is 14.7 Å². The Morgan fingerprint density at radius 1 is 1.19 bits per heavy atom. The van der Waals surface area contributed by atoms with Crippen LogP contribution in [0.2, 0.25) is 0 Å². The second kappa shape index (κ2) is 7.49. The molecule has 0 aliphatic carbocycles. The van der Waals surface area contributed by atoms with Crippen LogP contribution in [0.3, 0.4) is 0 Å². The number of hydrogen-bond donors (Lipinski definition) is 2. The van der Waals surface area contributed by atoms with Crippen molar-refractivity contribution in [2.45, 2.75) is 20.3 Å². The fraction of sp³-hybridized carbons (Fsp3) is 0.250. The summed E-state index contributed by atoms with van der Waals surface area (Å²) in [5.74, 6) is -0.665. The van der Waals surface area contributed by atoms with Crippen molar-refractivity contribution >= 4 is 11.9 Å². The van der Waals surface area contributed by atoms with Gasteiger partial charge in [-0.1, -0.05) is 18.2 Å². The van der Waals surface area contributed by atoms with Gasteiger partial charge in [0.15, 0.2) is 5.76 Å². The number of furan rings is 1. The number of carbonyl (C=O) groups is 2. The quantitative estimate of drug-likeness (QED) is 0.667. The van der Waals surface area contributed by atoms with Crippen molar-refractivity contribution in [1.82, 2.24) is 15.1 Å². The third kappa shape index (κ3) is 4.08. The summed E-state index contributed by atoms with van der Waals surface area (Å²) in [6, 6.07) is 14.5. The lowest BCUT2D eigenvalue weighted by Gasteiger charge is -2.18. The van der Waals surface area contributed by atoms with Gasteiger partial charge in [0.05, 0.1) is 17.4 Å². The minimum atomic E-state index is -0.910. The Kier molecular flexibility index (Phi) is 5.12. The molecule has 0 atom stereocenters. The third-order valence-corrected chi connectivity index (χ3v) is 4.33. The Morgan fingerprint density at radius 3 is 2.56 bits per heavy atom. The first-order valence-corrected chi connectivity index (χ1v) is 8.59. The van der Waals surface area contributed by atoms with Crippen LogP contribution in [0.5, 0.6) is 0 Å². The number of hydrogen-bond acceptors (Lipinski definition) is 4. The van der Waals surface area contributed by atoms with E-state index >= 15 is 0 Å². The minimum Gasteiger partial charge on any atom is -0.481 e. The zero-order valence-electron chi connectivity index (χ0n) is 15.2. The smallest absolute Gasteiger partial charge is 0.309 e. The van der Waals surface area contributed by atoms with E-state index in [2.05, 4.69) is 10.4 Å². The molecule has 0 unspecified atom stereocenters. The molecule has 0 aliphatic rings. The summed E-state index contributed by atoms with van der Waals surface area (Å²) in [6.07, 6.45) is 1.86. The Morgan fingerprint density at radius 2 is 1.93 bits per heavy atom. The van der Waals surface area contributed by atoms with E-state index in [1.54, 1.807) is 43.0 Å². The number of rotatable bonds is 7. The first-order chi connectivity index (χ1) is 12.9. The molecule has 1 amide bonds. The molecular weight excluding hydrogens is 346 g/mol. The van der Waals surface area contributed by atoms with E-state index in [-0.39, 0.29) is 12.5 Å². The molecule has 3 rings (SSSR count). The van der Waals surface area contributed by atoms with Crippen molar-refractivity contribution in [2.75, 3.05) is 6.54 Å². The standard InChI is InChI=1S/C20H21N3O4/c1-20(2,19(25)26)10-11-21-18(24)16-13-15(17-9-6-12-27-17)22-23(16)14-7-4-3-5-8-14/h3-9,12-13H,10-11H2,1-2H3,(H,21,24)(H,25,26). The van der Waals surface area contributed by atoms with E-state index in [4.69, 9.17) is 4.42 Å². The molecule has 27 heavy (non-hydrogen) atoms. The predicted molar refractivity (Wildman–Crippen MR) is 99.6 cm³/mol. The zero-order valence-corrected chi connectivity index (χ0v) is 15.2. The lowest BCUT2D eigenvalue weighted by Crippen LogP contribution is -2.32. The molecule has 0 aliphatic heterocycles. The highest BCUT2D eigenvalue weighted by Gasteiger charge is 2.27. The van der Waals surface area contributed by atoms with Gasteiger partial charge < -0.3 is 14.8 Å². The lowest BCUT2D eigenvalue weighted by atomic mass is 9.90. The van der Waals surface area contributed by atoms with Crippen molar-refractivity contribution in [3.05, 3.63) is 60.5 Å². The average molecular weight is 367 g/mol. The van der Waals surface area contributed by atoms with E-state index in [0.717, 1.165) is 5.69 Å². The molecule has 0 saturated heterocycles. The molecule has 2 N–H and O–H groups in total. The number of amides is 1. The van der Waals surface area contributed by atoms with Gasteiger partial charge in [0, 0.05) is 12.6 Å². The Hall–Kier alpha value is -3.35. The Balaban J connectivity index is 1.85. The van der Waals surface area contributed by atoms with Crippen molar-refractivity contribution in [2.24, 2.45) is 5.41 Å². The third-order valence-electron chi connectivity index (χ3n) is 4.33. The molecule has 0 spiro atoms. The highest BCUT2D eigenvalue weighted by atomic mass is 16.4. The molecule has 0 bridgehead atoms. The first kappa shape index (κ1) is 18.4. The molecule has 3 aromatic rings. The van der Waals surface area contributed by atoms with Gasteiger partial charge in [0.25, 0.3) is 5.91 Å². The second-order valence-electron chi connectivity index (χ2n) is 6.83. The van der Waals surface area contributed by atoms with Crippen molar-refractivity contribution in [3.8, 4) is 17.1 Å². The largest absolute Gasteiger partial charge is 0.481 e. The number of nitrogens with one attached hydrogen (secondary N) is 1. The van der Waals surface area contributed by atoms with Crippen LogP contribution in [0.15, 0.2) is 59.2 Å². The molecule has 0 saturated carbocycles. The number of carboxylic acid groups (broad SMARTS) is 1. The van der Waals surface area contributed by atoms with Gasteiger partial charge in [-0.3, -0.25) is 9.59 Å². The number of benzene rings is 1. The Bertz CT molecular complexity index is 928. The molecule has 1 aromatic carbocycles. The summed E-state index contributed by atoms with van der Waals surface area (Å²) < 4.78 is 6.93. The number of nitrogens with zero attached hydrogens (tertiary/aromatic N) is 2. The average Bonchev–Trinajstić information content (AvgIpc) is 3.31. The summed E-state index contributed by atoms with van der Waals surface area (Å²) in [7, 11) is 0. The molecule has 2 heterocycles. The predicted octanol–water partition coefficient (Wildman–Crippen LogP) is 3.36. The summed E-state index contributed by atoms with van der Waals surface area (Å²) in [6.45, 7) is 3.50. The fourth-order valence-corrected chi connectivity index (χ4v) is 2.54. The van der Waals surface area contributed by atoms with Gasteiger partial charge in [-0.15, -0.1) is 0 Å². The molecule has 0 fully saturated rings. The molecule has 2 aromatic heterocycles. The maximum atomic E-state index is 12.7. The molecular formula is C20H21N3O4. The van der Waals surface area contributed by atoms with E-state index < -0.39 is 11.4 Å². The second-order valence-corrected chi connectivity index (χ2v) is 6.83. The highest BCUT2D eigenvalue weighted by Crippen LogP contribution is 2.23. The van der Waals surface area contributed by atoms with E-state index in [1.165, 1.54) is 0 Å². The van der Waals surface area contributed by atoms with Crippen LogP contribution in [-0.4, -0.2) is 33.3 Å². The maximum absolute atomic E-state index is 12.7. The van der Waals surface area contributed by atoms with Crippen LogP contribution in [0.4, 0.5) is 0 Å².